The van der Waals surface area contributed by atoms with Gasteiger partial charge in [0.25, 0.3) is 0 Å². The van der Waals surface area contributed by atoms with Crippen LogP contribution in [0.1, 0.15) is 25.7 Å². The first-order valence-electron chi connectivity index (χ1n) is 6.51. The Balaban J connectivity index is 2.01. The van der Waals surface area contributed by atoms with Crippen LogP contribution in [0.15, 0.2) is 17.6 Å². The number of nitrogens with one attached hydrogen (secondary N) is 1. The van der Waals surface area contributed by atoms with Crippen molar-refractivity contribution in [2.75, 3.05) is 5.32 Å². The highest BCUT2D eigenvalue weighted by molar-refractivity contribution is 7.16. The van der Waals surface area contributed by atoms with Gasteiger partial charge in [0.2, 0.25) is 0 Å². The summed E-state index contributed by atoms with van der Waals surface area (Å²) >= 11 is 1.34. The minimum atomic E-state index is -0.903. The van der Waals surface area contributed by atoms with Crippen molar-refractivity contribution >= 4 is 38.9 Å². The smallest absolute Gasteiger partial charge is 0.319 e. The van der Waals surface area contributed by atoms with Gasteiger partial charge in [-0.3, -0.25) is 14.9 Å². The lowest BCUT2D eigenvalue weighted by atomic mass is 9.74. The summed E-state index contributed by atoms with van der Waals surface area (Å²) in [5, 5.41) is 23.5. The monoisotopic (exact) mass is 307 g/mol. The Morgan fingerprint density at radius 1 is 1.52 bits per heavy atom. The van der Waals surface area contributed by atoms with Gasteiger partial charge < -0.3 is 10.4 Å². The summed E-state index contributed by atoms with van der Waals surface area (Å²) in [6.07, 6.45) is 2.28. The Labute approximate surface area is 123 Å². The van der Waals surface area contributed by atoms with E-state index in [-0.39, 0.29) is 12.1 Å². The number of carboxylic acid groups (broad SMARTS) is 1. The van der Waals surface area contributed by atoms with E-state index in [2.05, 4.69) is 10.3 Å². The molecule has 0 bridgehead atoms. The van der Waals surface area contributed by atoms with E-state index in [0.717, 1.165) is 11.1 Å². The highest BCUT2D eigenvalue weighted by Crippen LogP contribution is 2.42. The van der Waals surface area contributed by atoms with Crippen LogP contribution in [-0.4, -0.2) is 26.5 Å². The van der Waals surface area contributed by atoms with Crippen molar-refractivity contribution in [1.29, 1.82) is 0 Å². The van der Waals surface area contributed by atoms with Gasteiger partial charge in [-0.2, -0.15) is 0 Å². The Hall–Kier alpha value is -2.22. The molecular formula is C13H13N3O4S. The standard InChI is InChI=1S/C13H13N3O4S/c17-10(18)6-13(4-1-5-13)15-8-2-3-9-11(14-7-21-9)12(8)16(19)20/h2-3,7,15H,1,4-6H2,(H,17,18). The topological polar surface area (TPSA) is 105 Å². The fraction of sp³-hybridized carbons (Fsp3) is 0.385. The van der Waals surface area contributed by atoms with Crippen LogP contribution in [0.5, 0.6) is 0 Å². The van der Waals surface area contributed by atoms with Gasteiger partial charge in [-0.25, -0.2) is 4.98 Å². The Kier molecular flexibility index (Phi) is 3.25. The number of carboxylic acids is 1. The second-order valence-corrected chi connectivity index (χ2v) is 6.13. The lowest BCUT2D eigenvalue weighted by Gasteiger charge is -2.42. The van der Waals surface area contributed by atoms with Crippen LogP contribution in [0.4, 0.5) is 11.4 Å². The largest absolute Gasteiger partial charge is 0.481 e. The summed E-state index contributed by atoms with van der Waals surface area (Å²) in [5.74, 6) is -0.903. The number of nitro benzene ring substituents is 1. The predicted molar refractivity (Wildman–Crippen MR) is 78.7 cm³/mol. The van der Waals surface area contributed by atoms with Crippen molar-refractivity contribution in [2.45, 2.75) is 31.2 Å². The first kappa shape index (κ1) is 13.7. The zero-order valence-electron chi connectivity index (χ0n) is 11.0. The van der Waals surface area contributed by atoms with E-state index in [9.17, 15) is 14.9 Å². The highest BCUT2D eigenvalue weighted by atomic mass is 32.1. The predicted octanol–water partition coefficient (Wildman–Crippen LogP) is 3.01. The molecule has 1 aliphatic carbocycles. The Morgan fingerprint density at radius 3 is 2.86 bits per heavy atom. The van der Waals surface area contributed by atoms with Crippen LogP contribution in [-0.2, 0) is 4.79 Å². The molecule has 0 unspecified atom stereocenters. The average Bonchev–Trinajstić information content (AvgIpc) is 2.82. The van der Waals surface area contributed by atoms with E-state index in [1.54, 1.807) is 17.6 Å². The van der Waals surface area contributed by atoms with Crippen molar-refractivity contribution in [3.05, 3.63) is 27.8 Å². The number of hydrogen-bond acceptors (Lipinski definition) is 6. The molecule has 1 fully saturated rings. The third-order valence-electron chi connectivity index (χ3n) is 3.86. The minimum absolute atomic E-state index is 0.0424. The Morgan fingerprint density at radius 2 is 2.29 bits per heavy atom. The van der Waals surface area contributed by atoms with Gasteiger partial charge in [-0.15, -0.1) is 11.3 Å². The molecular weight excluding hydrogens is 294 g/mol. The molecule has 0 aliphatic heterocycles. The lowest BCUT2D eigenvalue weighted by molar-refractivity contribution is -0.382. The molecule has 1 saturated carbocycles. The van der Waals surface area contributed by atoms with Gasteiger partial charge in [0.15, 0.2) is 5.52 Å². The molecule has 2 aromatic rings. The first-order chi connectivity index (χ1) is 10.0. The van der Waals surface area contributed by atoms with Crippen LogP contribution in [0.25, 0.3) is 10.2 Å². The summed E-state index contributed by atoms with van der Waals surface area (Å²) in [6.45, 7) is 0. The molecule has 3 rings (SSSR count). The number of anilines is 1. The van der Waals surface area contributed by atoms with Gasteiger partial charge >= 0.3 is 11.7 Å². The van der Waals surface area contributed by atoms with Crippen LogP contribution in [0.2, 0.25) is 0 Å². The molecule has 1 aromatic heterocycles. The van der Waals surface area contributed by atoms with Gasteiger partial charge in [0, 0.05) is 5.54 Å². The van der Waals surface area contributed by atoms with E-state index in [1.165, 1.54) is 11.3 Å². The molecule has 0 spiro atoms. The van der Waals surface area contributed by atoms with Crippen LogP contribution >= 0.6 is 11.3 Å². The molecule has 1 aromatic carbocycles. The van der Waals surface area contributed by atoms with Gasteiger partial charge in [-0.05, 0) is 31.4 Å². The molecule has 21 heavy (non-hydrogen) atoms. The number of fused-ring (bicyclic) bond motifs is 1. The van der Waals surface area contributed by atoms with Crippen molar-refractivity contribution < 1.29 is 14.8 Å². The summed E-state index contributed by atoms with van der Waals surface area (Å²) < 4.78 is 0.744. The summed E-state index contributed by atoms with van der Waals surface area (Å²) in [5.41, 5.74) is 1.60. The molecule has 0 radical (unpaired) electrons. The molecule has 0 atom stereocenters. The third kappa shape index (κ3) is 2.42. The average molecular weight is 307 g/mol. The SMILES string of the molecule is O=C(O)CC1(Nc2ccc3scnc3c2[N+](=O)[O-])CCC1. The quantitative estimate of drug-likeness (QED) is 0.649. The van der Waals surface area contributed by atoms with E-state index in [4.69, 9.17) is 5.11 Å². The molecule has 110 valence electrons. The van der Waals surface area contributed by atoms with E-state index in [1.807, 2.05) is 0 Å². The maximum Gasteiger partial charge on any atom is 0.319 e. The van der Waals surface area contributed by atoms with Gasteiger partial charge in [0.05, 0.1) is 21.6 Å². The molecule has 7 nitrogen and oxygen atoms in total. The van der Waals surface area contributed by atoms with Crippen LogP contribution < -0.4 is 5.32 Å². The zero-order valence-corrected chi connectivity index (χ0v) is 11.9. The molecule has 0 saturated heterocycles. The Bertz CT molecular complexity index is 723. The van der Waals surface area contributed by atoms with Crippen molar-refractivity contribution in [3.63, 3.8) is 0 Å². The number of aromatic nitrogens is 1. The van der Waals surface area contributed by atoms with Crippen LogP contribution in [0, 0.1) is 10.1 Å². The fourth-order valence-corrected chi connectivity index (χ4v) is 3.41. The van der Waals surface area contributed by atoms with Gasteiger partial charge in [0.1, 0.15) is 5.69 Å². The number of nitro groups is 1. The van der Waals surface area contributed by atoms with Gasteiger partial charge in [-0.1, -0.05) is 0 Å². The summed E-state index contributed by atoms with van der Waals surface area (Å²) in [4.78, 5) is 26.0. The van der Waals surface area contributed by atoms with Crippen molar-refractivity contribution in [2.24, 2.45) is 0 Å². The van der Waals surface area contributed by atoms with E-state index < -0.39 is 16.4 Å². The van der Waals surface area contributed by atoms with E-state index in [0.29, 0.717) is 24.0 Å². The third-order valence-corrected chi connectivity index (χ3v) is 4.65. The highest BCUT2D eigenvalue weighted by Gasteiger charge is 2.40. The fourth-order valence-electron chi connectivity index (χ4n) is 2.73. The number of thiazole rings is 1. The molecule has 0 amide bonds. The second-order valence-electron chi connectivity index (χ2n) is 5.25. The maximum absolute atomic E-state index is 11.4. The summed E-state index contributed by atoms with van der Waals surface area (Å²) in [7, 11) is 0. The van der Waals surface area contributed by atoms with Crippen LogP contribution in [0.3, 0.4) is 0 Å². The number of aliphatic carboxylic acids is 1. The molecule has 1 aliphatic rings. The number of benzene rings is 1. The van der Waals surface area contributed by atoms with Crippen molar-refractivity contribution in [3.8, 4) is 0 Å². The molecule has 1 heterocycles. The normalized spacial score (nSPS) is 16.4. The lowest BCUT2D eigenvalue weighted by Crippen LogP contribution is -2.46. The number of hydrogen-bond donors (Lipinski definition) is 2. The second kappa shape index (κ2) is 4.96. The maximum atomic E-state index is 11.4. The van der Waals surface area contributed by atoms with Crippen molar-refractivity contribution in [1.82, 2.24) is 4.98 Å². The number of nitrogens with zero attached hydrogens (tertiary/aromatic N) is 2. The number of carbonyl (C=O) groups is 1. The summed E-state index contributed by atoms with van der Waals surface area (Å²) in [6, 6.07) is 3.41. The minimum Gasteiger partial charge on any atom is -0.481 e. The first-order valence-corrected chi connectivity index (χ1v) is 7.39. The molecule has 2 N–H and O–H groups in total. The zero-order chi connectivity index (χ0) is 15.0. The molecule has 8 heteroatoms. The van der Waals surface area contributed by atoms with E-state index >= 15 is 0 Å². The number of rotatable bonds is 5.